The van der Waals surface area contributed by atoms with Gasteiger partial charge in [-0.05, 0) is 39.5 Å². The first-order valence-electron chi connectivity index (χ1n) is 5.61. The lowest BCUT2D eigenvalue weighted by molar-refractivity contribution is 0.418. The van der Waals surface area contributed by atoms with Gasteiger partial charge >= 0.3 is 0 Å². The first kappa shape index (κ1) is 8.43. The summed E-state index contributed by atoms with van der Waals surface area (Å²) in [5.41, 5.74) is 6.61. The van der Waals surface area contributed by atoms with Gasteiger partial charge in [-0.1, -0.05) is 6.07 Å². The number of nitrogens with two attached hydrogens (primary N) is 1. The average molecular weight is 279 g/mol. The van der Waals surface area contributed by atoms with Crippen LogP contribution in [-0.2, 0) is 0 Å². The first-order valence-corrected chi connectivity index (χ1v) is 5.25. The van der Waals surface area contributed by atoms with Crippen molar-refractivity contribution < 1.29 is 7.48 Å². The molecule has 0 amide bonds. The molecule has 0 atom stereocenters. The standard InChI is InChI=1S/C12H9BrN2O/c1-16-12-8(6-14)3-2-7-4-9(15)5-10(13)11(7)12/h2-5H,15H2,1H3/i1D2. The SMILES string of the molecule is [2H]C([2H])Oc1c(C#N)ccc2cc(N)cc(Br)c12. The lowest BCUT2D eigenvalue weighted by atomic mass is 10.1. The summed E-state index contributed by atoms with van der Waals surface area (Å²) in [6.07, 6.45) is 0. The molecule has 2 rings (SSSR count). The quantitative estimate of drug-likeness (QED) is 0.816. The number of halogens is 1. The minimum Gasteiger partial charge on any atom is -0.495 e. The summed E-state index contributed by atoms with van der Waals surface area (Å²) in [5, 5.41) is 10.5. The summed E-state index contributed by atoms with van der Waals surface area (Å²) in [6, 6.07) is 8.78. The largest absolute Gasteiger partial charge is 0.495 e. The van der Waals surface area contributed by atoms with Gasteiger partial charge in [-0.25, -0.2) is 0 Å². The maximum absolute atomic E-state index is 9.04. The Bertz CT molecular complexity index is 653. The fourth-order valence-electron chi connectivity index (χ4n) is 1.61. The number of anilines is 1. The van der Waals surface area contributed by atoms with Crippen molar-refractivity contribution in [1.82, 2.24) is 0 Å². The average Bonchev–Trinajstić information content (AvgIpc) is 2.27. The number of nitrogen functional groups attached to an aromatic ring is 1. The van der Waals surface area contributed by atoms with Crippen LogP contribution in [0.15, 0.2) is 28.7 Å². The zero-order valence-electron chi connectivity index (χ0n) is 10.2. The van der Waals surface area contributed by atoms with E-state index in [1.807, 2.05) is 6.07 Å². The molecule has 3 nitrogen and oxygen atoms in total. The molecule has 0 bridgehead atoms. The van der Waals surface area contributed by atoms with Gasteiger partial charge in [-0.3, -0.25) is 0 Å². The summed E-state index contributed by atoms with van der Waals surface area (Å²) in [6.45, 7) is 0. The number of nitrogens with zero attached hydrogens (tertiary/aromatic N) is 1. The van der Waals surface area contributed by atoms with Crippen molar-refractivity contribution in [1.29, 1.82) is 5.26 Å². The number of hydrogen-bond acceptors (Lipinski definition) is 3. The van der Waals surface area contributed by atoms with Gasteiger partial charge in [0.1, 0.15) is 11.8 Å². The third-order valence-electron chi connectivity index (χ3n) is 2.28. The molecule has 0 aromatic heterocycles. The molecular formula is C12H9BrN2O. The van der Waals surface area contributed by atoms with Gasteiger partial charge in [0, 0.05) is 15.5 Å². The van der Waals surface area contributed by atoms with Gasteiger partial charge < -0.3 is 10.5 Å². The second kappa shape index (κ2) is 4.03. The second-order valence-corrected chi connectivity index (χ2v) is 4.13. The van der Waals surface area contributed by atoms with Crippen molar-refractivity contribution in [3.8, 4) is 11.8 Å². The van der Waals surface area contributed by atoms with Crippen LogP contribution in [-0.4, -0.2) is 7.06 Å². The fraction of sp³-hybridized carbons (Fsp3) is 0.0833. The number of methoxy groups -OCH3 is 1. The highest BCUT2D eigenvalue weighted by molar-refractivity contribution is 9.10. The van der Waals surface area contributed by atoms with Crippen LogP contribution in [0, 0.1) is 11.3 Å². The molecule has 0 saturated carbocycles. The molecule has 0 aliphatic carbocycles. The molecule has 0 unspecified atom stereocenters. The molecule has 80 valence electrons. The molecule has 0 fully saturated rings. The molecule has 0 saturated heterocycles. The monoisotopic (exact) mass is 278 g/mol. The Morgan fingerprint density at radius 1 is 1.50 bits per heavy atom. The molecule has 0 radical (unpaired) electrons. The van der Waals surface area contributed by atoms with Crippen molar-refractivity contribution >= 4 is 32.4 Å². The Morgan fingerprint density at radius 2 is 2.31 bits per heavy atom. The molecule has 2 aromatic carbocycles. The number of benzene rings is 2. The van der Waals surface area contributed by atoms with E-state index in [1.165, 1.54) is 0 Å². The molecule has 0 aliphatic rings. The molecule has 4 heteroatoms. The predicted octanol–water partition coefficient (Wildman–Crippen LogP) is 3.06. The molecule has 2 N–H and O–H groups in total. The van der Waals surface area contributed by atoms with Crippen LogP contribution in [0.3, 0.4) is 0 Å². The van der Waals surface area contributed by atoms with Crippen molar-refractivity contribution in [2.45, 2.75) is 0 Å². The van der Waals surface area contributed by atoms with Crippen LogP contribution < -0.4 is 10.5 Å². The van der Waals surface area contributed by atoms with Crippen LogP contribution in [0.4, 0.5) is 5.69 Å². The zero-order valence-corrected chi connectivity index (χ0v) is 9.78. The fourth-order valence-corrected chi connectivity index (χ4v) is 2.29. The highest BCUT2D eigenvalue weighted by Gasteiger charge is 2.11. The molecule has 16 heavy (non-hydrogen) atoms. The number of ether oxygens (including phenoxy) is 1. The van der Waals surface area contributed by atoms with E-state index >= 15 is 0 Å². The molecular weight excluding hydrogens is 268 g/mol. The van der Waals surface area contributed by atoms with E-state index in [1.54, 1.807) is 24.3 Å². The van der Waals surface area contributed by atoms with E-state index in [4.69, 9.17) is 18.5 Å². The zero-order chi connectivity index (χ0) is 13.3. The lowest BCUT2D eigenvalue weighted by Gasteiger charge is -2.09. The Balaban J connectivity index is 2.81. The number of fused-ring (bicyclic) bond motifs is 1. The van der Waals surface area contributed by atoms with Crippen LogP contribution in [0.25, 0.3) is 10.8 Å². The molecule has 0 spiro atoms. The van der Waals surface area contributed by atoms with Gasteiger partial charge in [0.25, 0.3) is 0 Å². The van der Waals surface area contributed by atoms with Gasteiger partial charge in [0.05, 0.1) is 15.4 Å². The van der Waals surface area contributed by atoms with Gasteiger partial charge in [0.2, 0.25) is 0 Å². The molecule has 0 heterocycles. The van der Waals surface area contributed by atoms with Crippen LogP contribution in [0.5, 0.6) is 5.75 Å². The maximum atomic E-state index is 9.04. The maximum Gasteiger partial charge on any atom is 0.145 e. The number of hydrogen-bond donors (Lipinski definition) is 1. The van der Waals surface area contributed by atoms with Crippen molar-refractivity contribution in [3.05, 3.63) is 34.3 Å². The second-order valence-electron chi connectivity index (χ2n) is 3.27. The first-order chi connectivity index (χ1) is 8.52. The minimum absolute atomic E-state index is 0.233. The van der Waals surface area contributed by atoms with Gasteiger partial charge in [0.15, 0.2) is 0 Å². The minimum atomic E-state index is -1.49. The Hall–Kier alpha value is -1.73. The van der Waals surface area contributed by atoms with E-state index < -0.39 is 7.06 Å². The molecule has 0 aliphatic heterocycles. The summed E-state index contributed by atoms with van der Waals surface area (Å²) >= 11 is 3.36. The van der Waals surface area contributed by atoms with Crippen LogP contribution in [0.2, 0.25) is 0 Å². The van der Waals surface area contributed by atoms with Crippen LogP contribution in [0.1, 0.15) is 8.30 Å². The van der Waals surface area contributed by atoms with Crippen molar-refractivity contribution in [3.63, 3.8) is 0 Å². The van der Waals surface area contributed by atoms with E-state index in [2.05, 4.69) is 15.9 Å². The van der Waals surface area contributed by atoms with E-state index in [0.717, 1.165) is 5.39 Å². The summed E-state index contributed by atoms with van der Waals surface area (Å²) in [5.74, 6) is 0.233. The highest BCUT2D eigenvalue weighted by Crippen LogP contribution is 2.36. The van der Waals surface area contributed by atoms with Gasteiger partial charge in [-0.2, -0.15) is 5.26 Å². The van der Waals surface area contributed by atoms with Crippen molar-refractivity contribution in [2.75, 3.05) is 12.8 Å². The van der Waals surface area contributed by atoms with E-state index in [0.29, 0.717) is 15.5 Å². The van der Waals surface area contributed by atoms with E-state index in [-0.39, 0.29) is 11.3 Å². The summed E-state index contributed by atoms with van der Waals surface area (Å²) in [4.78, 5) is 0. The van der Waals surface area contributed by atoms with Crippen LogP contribution >= 0.6 is 15.9 Å². The normalized spacial score (nSPS) is 12.1. The van der Waals surface area contributed by atoms with Crippen molar-refractivity contribution in [2.24, 2.45) is 0 Å². The highest BCUT2D eigenvalue weighted by atomic mass is 79.9. The third kappa shape index (κ3) is 1.59. The summed E-state index contributed by atoms with van der Waals surface area (Å²) in [7, 11) is -1.49. The molecule has 2 aromatic rings. The van der Waals surface area contributed by atoms with E-state index in [9.17, 15) is 0 Å². The lowest BCUT2D eigenvalue weighted by Crippen LogP contribution is -1.92. The summed E-state index contributed by atoms with van der Waals surface area (Å²) < 4.78 is 20.1. The topological polar surface area (TPSA) is 59.0 Å². The Kier molecular flexibility index (Phi) is 2.12. The number of nitriles is 1. The third-order valence-corrected chi connectivity index (χ3v) is 2.91. The van der Waals surface area contributed by atoms with Gasteiger partial charge in [-0.15, -0.1) is 0 Å². The Morgan fingerprint density at radius 3 is 3.00 bits per heavy atom. The predicted molar refractivity (Wildman–Crippen MR) is 67.3 cm³/mol. The Labute approximate surface area is 104 Å². The smallest absolute Gasteiger partial charge is 0.145 e. The number of rotatable bonds is 1.